The van der Waals surface area contributed by atoms with Gasteiger partial charge in [-0.25, -0.2) is 4.39 Å². The average molecular weight is 454 g/mol. The van der Waals surface area contributed by atoms with Crippen LogP contribution in [0.5, 0.6) is 11.5 Å². The molecule has 166 valence electrons. The number of thioether (sulfide) groups is 1. The predicted octanol–water partition coefficient (Wildman–Crippen LogP) is 5.92. The maximum absolute atomic E-state index is 13.1. The summed E-state index contributed by atoms with van der Waals surface area (Å²) in [5.74, 6) is -0.463. The molecule has 0 unspecified atom stereocenters. The number of benzene rings is 3. The highest BCUT2D eigenvalue weighted by Gasteiger charge is 2.43. The largest absolute Gasteiger partial charge is 0.508 e. The van der Waals surface area contributed by atoms with Gasteiger partial charge < -0.3 is 15.3 Å². The van der Waals surface area contributed by atoms with Gasteiger partial charge >= 0.3 is 0 Å². The second-order valence-corrected chi connectivity index (χ2v) is 9.00. The van der Waals surface area contributed by atoms with Gasteiger partial charge in [-0.2, -0.15) is 0 Å². The van der Waals surface area contributed by atoms with Gasteiger partial charge in [-0.3, -0.25) is 9.69 Å². The van der Waals surface area contributed by atoms with Crippen molar-refractivity contribution in [3.63, 3.8) is 0 Å². The summed E-state index contributed by atoms with van der Waals surface area (Å²) in [6.45, 7) is 0. The minimum atomic E-state index is -0.719. The third-order valence-electron chi connectivity index (χ3n) is 5.67. The van der Waals surface area contributed by atoms with Gasteiger partial charge in [-0.05, 0) is 61.2 Å². The molecule has 0 saturated carbocycles. The first-order valence-electron chi connectivity index (χ1n) is 10.4. The zero-order valence-electron chi connectivity index (χ0n) is 17.3. The molecule has 0 radical (unpaired) electrons. The third kappa shape index (κ3) is 4.74. The Labute approximate surface area is 190 Å². The van der Waals surface area contributed by atoms with Crippen molar-refractivity contribution in [3.05, 3.63) is 89.7 Å². The Morgan fingerprint density at radius 3 is 2.41 bits per heavy atom. The molecule has 0 spiro atoms. The number of rotatable bonds is 7. The van der Waals surface area contributed by atoms with E-state index in [4.69, 9.17) is 0 Å². The van der Waals surface area contributed by atoms with E-state index in [0.29, 0.717) is 30.4 Å². The molecule has 4 rings (SSSR count). The Bertz CT molecular complexity index is 1080. The van der Waals surface area contributed by atoms with Crippen molar-refractivity contribution < 1.29 is 24.5 Å². The van der Waals surface area contributed by atoms with Crippen molar-refractivity contribution in [2.75, 3.05) is 4.90 Å². The molecule has 3 N–H and O–H groups in total. The van der Waals surface area contributed by atoms with Crippen LogP contribution in [0.25, 0.3) is 0 Å². The molecule has 1 heterocycles. The number of carbonyl (C=O) groups is 1. The van der Waals surface area contributed by atoms with Gasteiger partial charge in [-0.15, -0.1) is 0 Å². The smallest absolute Gasteiger partial charge is 0.287 e. The molecular formula is C25H24FNO4S. The van der Waals surface area contributed by atoms with Gasteiger partial charge in [0, 0.05) is 22.6 Å². The van der Waals surface area contributed by atoms with Gasteiger partial charge in [0.15, 0.2) is 0 Å². The molecule has 1 amide bonds. The zero-order valence-corrected chi connectivity index (χ0v) is 18.1. The zero-order chi connectivity index (χ0) is 22.7. The number of hydrogen-bond donors (Lipinski definition) is 3. The van der Waals surface area contributed by atoms with Crippen LogP contribution in [0.2, 0.25) is 0 Å². The number of anilines is 1. The lowest BCUT2D eigenvalue weighted by molar-refractivity contribution is 0.163. The van der Waals surface area contributed by atoms with Crippen LogP contribution in [0, 0.1) is 5.82 Å². The van der Waals surface area contributed by atoms with Crippen molar-refractivity contribution in [2.24, 2.45) is 0 Å². The summed E-state index contributed by atoms with van der Waals surface area (Å²) in [7, 11) is 0. The molecule has 32 heavy (non-hydrogen) atoms. The molecular weight excluding hydrogens is 429 g/mol. The minimum Gasteiger partial charge on any atom is -0.508 e. The minimum absolute atomic E-state index is 0.0477. The van der Waals surface area contributed by atoms with E-state index in [1.54, 1.807) is 23.1 Å². The highest BCUT2D eigenvalue weighted by molar-refractivity contribution is 8.14. The lowest BCUT2D eigenvalue weighted by Crippen LogP contribution is -2.29. The SMILES string of the molecule is O=C1S[C@H](CCC[C@@H](O)c2ccc(F)cc2)[C@@H](c2ccc(O)cc2O)N1c1ccccc1. The summed E-state index contributed by atoms with van der Waals surface area (Å²) in [5, 5.41) is 30.4. The van der Waals surface area contributed by atoms with Gasteiger partial charge in [0.2, 0.25) is 0 Å². The number of amides is 1. The molecule has 7 heteroatoms. The van der Waals surface area contributed by atoms with E-state index >= 15 is 0 Å². The van der Waals surface area contributed by atoms with Crippen LogP contribution in [-0.4, -0.2) is 25.8 Å². The third-order valence-corrected chi connectivity index (χ3v) is 6.86. The molecule has 3 aromatic rings. The highest BCUT2D eigenvalue weighted by atomic mass is 32.2. The molecule has 0 aliphatic carbocycles. The molecule has 1 fully saturated rings. The Hall–Kier alpha value is -3.03. The van der Waals surface area contributed by atoms with E-state index in [-0.39, 0.29) is 27.8 Å². The molecule has 3 aromatic carbocycles. The number of phenols is 2. The van der Waals surface area contributed by atoms with Crippen LogP contribution in [0.4, 0.5) is 14.9 Å². The summed E-state index contributed by atoms with van der Waals surface area (Å²) < 4.78 is 13.1. The fourth-order valence-corrected chi connectivity index (χ4v) is 5.36. The summed E-state index contributed by atoms with van der Waals surface area (Å²) >= 11 is 1.22. The van der Waals surface area contributed by atoms with Crippen LogP contribution in [-0.2, 0) is 0 Å². The fourth-order valence-electron chi connectivity index (χ4n) is 4.09. The number of aromatic hydroxyl groups is 2. The number of carbonyl (C=O) groups excluding carboxylic acids is 1. The maximum atomic E-state index is 13.1. The number of phenolic OH excluding ortho intramolecular Hbond substituents is 2. The molecule has 0 aromatic heterocycles. The first-order chi connectivity index (χ1) is 15.4. The van der Waals surface area contributed by atoms with E-state index in [1.807, 2.05) is 30.3 Å². The van der Waals surface area contributed by atoms with Crippen molar-refractivity contribution in [1.82, 2.24) is 0 Å². The number of aliphatic hydroxyl groups is 1. The molecule has 5 nitrogen and oxygen atoms in total. The fraction of sp³-hybridized carbons (Fsp3) is 0.240. The molecule has 0 bridgehead atoms. The van der Waals surface area contributed by atoms with E-state index in [9.17, 15) is 24.5 Å². The Morgan fingerprint density at radius 2 is 1.72 bits per heavy atom. The van der Waals surface area contributed by atoms with E-state index in [1.165, 1.54) is 36.0 Å². The Kier molecular flexibility index (Phi) is 6.67. The first kappa shape index (κ1) is 22.2. The number of hydrogen-bond acceptors (Lipinski definition) is 5. The standard InChI is InChI=1S/C25H24FNO4S/c26-17-11-9-16(10-12-17)21(29)7-4-8-23-24(20-14-13-19(28)15-22(20)30)27(25(31)32-23)18-5-2-1-3-6-18/h1-3,5-6,9-15,21,23-24,28-30H,4,7-8H2/t21-,23-,24-/m1/s1. The van der Waals surface area contributed by atoms with Crippen LogP contribution >= 0.6 is 11.8 Å². The highest BCUT2D eigenvalue weighted by Crippen LogP contribution is 2.48. The summed E-state index contributed by atoms with van der Waals surface area (Å²) in [6.07, 6.45) is 1.02. The maximum Gasteiger partial charge on any atom is 0.287 e. The predicted molar refractivity (Wildman–Crippen MR) is 123 cm³/mol. The van der Waals surface area contributed by atoms with E-state index < -0.39 is 12.1 Å². The van der Waals surface area contributed by atoms with Crippen LogP contribution in [0.3, 0.4) is 0 Å². The molecule has 1 aliphatic heterocycles. The average Bonchev–Trinajstić information content (AvgIpc) is 3.10. The van der Waals surface area contributed by atoms with Crippen LogP contribution < -0.4 is 4.90 Å². The second-order valence-electron chi connectivity index (χ2n) is 7.81. The quantitative estimate of drug-likeness (QED) is 0.413. The Morgan fingerprint density at radius 1 is 1.00 bits per heavy atom. The summed E-state index contributed by atoms with van der Waals surface area (Å²) in [5.41, 5.74) is 1.95. The van der Waals surface area contributed by atoms with Crippen molar-refractivity contribution in [2.45, 2.75) is 36.7 Å². The number of nitrogens with zero attached hydrogens (tertiary/aromatic N) is 1. The normalized spacial score (nSPS) is 19.3. The number of halogens is 1. The molecule has 1 saturated heterocycles. The van der Waals surface area contributed by atoms with E-state index in [0.717, 1.165) is 5.69 Å². The Balaban J connectivity index is 1.54. The number of para-hydroxylation sites is 1. The lowest BCUT2D eigenvalue weighted by atomic mass is 9.95. The first-order valence-corrected chi connectivity index (χ1v) is 11.3. The molecule has 3 atom stereocenters. The van der Waals surface area contributed by atoms with Gasteiger partial charge in [-0.1, -0.05) is 42.1 Å². The summed E-state index contributed by atoms with van der Waals surface area (Å²) in [6, 6.07) is 19.1. The van der Waals surface area contributed by atoms with Gasteiger partial charge in [0.1, 0.15) is 17.3 Å². The van der Waals surface area contributed by atoms with Crippen LogP contribution in [0.1, 0.15) is 42.5 Å². The van der Waals surface area contributed by atoms with Crippen molar-refractivity contribution in [1.29, 1.82) is 0 Å². The second kappa shape index (κ2) is 9.63. The van der Waals surface area contributed by atoms with Crippen LogP contribution in [0.15, 0.2) is 72.8 Å². The lowest BCUT2D eigenvalue weighted by Gasteiger charge is -2.28. The summed E-state index contributed by atoms with van der Waals surface area (Å²) in [4.78, 5) is 14.6. The van der Waals surface area contributed by atoms with Gasteiger partial charge in [0.05, 0.1) is 12.1 Å². The van der Waals surface area contributed by atoms with Crippen molar-refractivity contribution in [3.8, 4) is 11.5 Å². The topological polar surface area (TPSA) is 81.0 Å². The van der Waals surface area contributed by atoms with E-state index in [2.05, 4.69) is 0 Å². The van der Waals surface area contributed by atoms with Gasteiger partial charge in [0.25, 0.3) is 5.24 Å². The monoisotopic (exact) mass is 453 g/mol. The molecule has 1 aliphatic rings. The van der Waals surface area contributed by atoms with Crippen molar-refractivity contribution >= 4 is 22.7 Å². The number of aliphatic hydroxyl groups excluding tert-OH is 1.